The first-order valence-corrected chi connectivity index (χ1v) is 5.69. The van der Waals surface area contributed by atoms with Crippen LogP contribution in [0.25, 0.3) is 0 Å². The predicted octanol–water partition coefficient (Wildman–Crippen LogP) is 2.21. The number of ketones is 1. The Morgan fingerprint density at radius 3 is 2.53 bits per heavy atom. The highest BCUT2D eigenvalue weighted by Crippen LogP contribution is 2.17. The summed E-state index contributed by atoms with van der Waals surface area (Å²) >= 11 is 1.59. The lowest BCUT2D eigenvalue weighted by atomic mass is 10.1. The van der Waals surface area contributed by atoms with Crippen molar-refractivity contribution in [3.63, 3.8) is 0 Å². The third-order valence-electron chi connectivity index (χ3n) is 2.00. The lowest BCUT2D eigenvalue weighted by molar-refractivity contribution is -0.0742. The van der Waals surface area contributed by atoms with Crippen molar-refractivity contribution in [1.82, 2.24) is 0 Å². The summed E-state index contributed by atoms with van der Waals surface area (Å²) in [6.07, 6.45) is 1.15. The summed E-state index contributed by atoms with van der Waals surface area (Å²) in [6, 6.07) is 7.39. The third kappa shape index (κ3) is 3.06. The summed E-state index contributed by atoms with van der Waals surface area (Å²) in [4.78, 5) is 12.9. The van der Waals surface area contributed by atoms with Crippen LogP contribution in [0.2, 0.25) is 0 Å². The first-order chi connectivity index (χ1) is 7.22. The van der Waals surface area contributed by atoms with Crippen LogP contribution in [0.15, 0.2) is 29.2 Å². The molecule has 0 aliphatic rings. The van der Waals surface area contributed by atoms with Crippen LogP contribution >= 0.6 is 11.8 Å². The zero-order valence-electron chi connectivity index (χ0n) is 9.02. The maximum Gasteiger partial charge on any atom is 0.222 e. The number of Topliss-reactive ketones (excluding diaryl/α,β-unsaturated/α-hetero) is 1. The van der Waals surface area contributed by atoms with Gasteiger partial charge in [-0.15, -0.1) is 11.8 Å². The highest BCUT2D eigenvalue weighted by atomic mass is 32.2. The minimum atomic E-state index is -0.817. The fraction of sp³-hybridized carbons (Fsp3) is 0.364. The van der Waals surface area contributed by atoms with E-state index in [0.29, 0.717) is 5.56 Å². The minimum absolute atomic E-state index is 0.157. The summed E-state index contributed by atoms with van der Waals surface area (Å²) in [5.41, 5.74) is 0.607. The lowest BCUT2D eigenvalue weighted by Crippen LogP contribution is -2.24. The van der Waals surface area contributed by atoms with E-state index in [-0.39, 0.29) is 5.78 Å². The summed E-state index contributed by atoms with van der Waals surface area (Å²) < 4.78 is 9.82. The van der Waals surface area contributed by atoms with Gasteiger partial charge in [-0.3, -0.25) is 4.79 Å². The maximum atomic E-state index is 11.8. The molecule has 0 fully saturated rings. The van der Waals surface area contributed by atoms with Gasteiger partial charge in [0, 0.05) is 24.7 Å². The van der Waals surface area contributed by atoms with Crippen LogP contribution in [-0.2, 0) is 9.47 Å². The van der Waals surface area contributed by atoms with Gasteiger partial charge in [0.05, 0.1) is 0 Å². The second-order valence-electron chi connectivity index (χ2n) is 2.90. The van der Waals surface area contributed by atoms with E-state index in [4.69, 9.17) is 9.47 Å². The van der Waals surface area contributed by atoms with E-state index in [9.17, 15) is 4.79 Å². The smallest absolute Gasteiger partial charge is 0.222 e. The number of hydrogen-bond donors (Lipinski definition) is 0. The first-order valence-electron chi connectivity index (χ1n) is 4.46. The van der Waals surface area contributed by atoms with E-state index in [1.165, 1.54) is 14.2 Å². The predicted molar refractivity (Wildman–Crippen MR) is 60.4 cm³/mol. The average molecular weight is 226 g/mol. The molecule has 0 aliphatic heterocycles. The number of methoxy groups -OCH3 is 2. The van der Waals surface area contributed by atoms with Crippen LogP contribution in [0.5, 0.6) is 0 Å². The number of rotatable bonds is 5. The van der Waals surface area contributed by atoms with E-state index < -0.39 is 6.29 Å². The van der Waals surface area contributed by atoms with Gasteiger partial charge in [0.2, 0.25) is 12.1 Å². The molecule has 0 N–H and O–H groups in total. The molecular formula is C11H14O3S. The van der Waals surface area contributed by atoms with Gasteiger partial charge >= 0.3 is 0 Å². The fourth-order valence-corrected chi connectivity index (χ4v) is 1.68. The van der Waals surface area contributed by atoms with Gasteiger partial charge < -0.3 is 9.47 Å². The van der Waals surface area contributed by atoms with Crippen LogP contribution in [0.4, 0.5) is 0 Å². The largest absolute Gasteiger partial charge is 0.349 e. The summed E-state index contributed by atoms with van der Waals surface area (Å²) in [5, 5.41) is 0. The number of carbonyl (C=O) groups is 1. The molecule has 0 amide bonds. The molecule has 1 aromatic rings. The summed E-state index contributed by atoms with van der Waals surface area (Å²) in [7, 11) is 2.90. The zero-order chi connectivity index (χ0) is 11.3. The van der Waals surface area contributed by atoms with Crippen LogP contribution in [0, 0.1) is 0 Å². The van der Waals surface area contributed by atoms with Crippen molar-refractivity contribution in [3.05, 3.63) is 29.8 Å². The van der Waals surface area contributed by atoms with Gasteiger partial charge in [-0.05, 0) is 18.4 Å². The Balaban J connectivity index is 2.90. The van der Waals surface area contributed by atoms with E-state index in [2.05, 4.69) is 0 Å². The van der Waals surface area contributed by atoms with Gasteiger partial charge in [0.15, 0.2) is 0 Å². The minimum Gasteiger partial charge on any atom is -0.349 e. The van der Waals surface area contributed by atoms with Gasteiger partial charge in [-0.25, -0.2) is 0 Å². The van der Waals surface area contributed by atoms with Gasteiger partial charge in [0.25, 0.3) is 0 Å². The van der Waals surface area contributed by atoms with Crippen LogP contribution < -0.4 is 0 Å². The van der Waals surface area contributed by atoms with E-state index in [1.807, 2.05) is 24.5 Å². The van der Waals surface area contributed by atoms with Crippen molar-refractivity contribution >= 4 is 17.5 Å². The Morgan fingerprint density at radius 1 is 1.33 bits per heavy atom. The second-order valence-corrected chi connectivity index (χ2v) is 3.78. The Bertz CT molecular complexity index is 334. The zero-order valence-corrected chi connectivity index (χ0v) is 9.84. The molecule has 0 aliphatic carbocycles. The van der Waals surface area contributed by atoms with Crippen LogP contribution in [0.3, 0.4) is 0 Å². The molecule has 82 valence electrons. The number of hydrogen-bond acceptors (Lipinski definition) is 4. The molecule has 0 unspecified atom stereocenters. The molecule has 0 saturated carbocycles. The van der Waals surface area contributed by atoms with Crippen molar-refractivity contribution in [2.24, 2.45) is 0 Å². The fourth-order valence-electron chi connectivity index (χ4n) is 1.22. The molecule has 0 saturated heterocycles. The molecule has 1 aromatic carbocycles. The van der Waals surface area contributed by atoms with Crippen LogP contribution in [0.1, 0.15) is 10.4 Å². The van der Waals surface area contributed by atoms with Crippen molar-refractivity contribution in [2.45, 2.75) is 11.2 Å². The Morgan fingerprint density at radius 2 is 2.00 bits per heavy atom. The summed E-state index contributed by atoms with van der Waals surface area (Å²) in [6.45, 7) is 0. The first kappa shape index (κ1) is 12.2. The van der Waals surface area contributed by atoms with Crippen molar-refractivity contribution in [2.75, 3.05) is 20.5 Å². The molecule has 0 atom stereocenters. The molecule has 4 heteroatoms. The van der Waals surface area contributed by atoms with E-state index >= 15 is 0 Å². The molecule has 0 spiro atoms. The quantitative estimate of drug-likeness (QED) is 0.438. The summed E-state index contributed by atoms with van der Waals surface area (Å²) in [5.74, 6) is -0.157. The Kier molecular flexibility index (Phi) is 4.81. The second kappa shape index (κ2) is 5.90. The van der Waals surface area contributed by atoms with E-state index in [1.54, 1.807) is 17.8 Å². The standard InChI is InChI=1S/C11H14O3S/c1-13-11(14-2)10(12)8-5-4-6-9(7-8)15-3/h4-7,11H,1-3H3. The number of benzene rings is 1. The maximum absolute atomic E-state index is 11.8. The molecule has 15 heavy (non-hydrogen) atoms. The molecule has 0 bridgehead atoms. The van der Waals surface area contributed by atoms with Gasteiger partial charge in [-0.2, -0.15) is 0 Å². The number of carbonyl (C=O) groups excluding carboxylic acids is 1. The van der Waals surface area contributed by atoms with Gasteiger partial charge in [-0.1, -0.05) is 12.1 Å². The highest BCUT2D eigenvalue weighted by molar-refractivity contribution is 7.98. The molecule has 0 aromatic heterocycles. The SMILES string of the molecule is COC(OC)C(=O)c1cccc(SC)c1. The molecule has 0 radical (unpaired) electrons. The number of thioether (sulfide) groups is 1. The van der Waals surface area contributed by atoms with E-state index in [0.717, 1.165) is 4.90 Å². The molecular weight excluding hydrogens is 212 g/mol. The highest BCUT2D eigenvalue weighted by Gasteiger charge is 2.18. The topological polar surface area (TPSA) is 35.5 Å². The monoisotopic (exact) mass is 226 g/mol. The molecule has 1 rings (SSSR count). The third-order valence-corrected chi connectivity index (χ3v) is 2.72. The van der Waals surface area contributed by atoms with Gasteiger partial charge in [0.1, 0.15) is 0 Å². The number of ether oxygens (including phenoxy) is 2. The average Bonchev–Trinajstić information content (AvgIpc) is 2.30. The Labute approximate surface area is 93.8 Å². The van der Waals surface area contributed by atoms with Crippen molar-refractivity contribution in [3.8, 4) is 0 Å². The lowest BCUT2D eigenvalue weighted by Gasteiger charge is -2.12. The molecule has 3 nitrogen and oxygen atoms in total. The van der Waals surface area contributed by atoms with Crippen LogP contribution in [-0.4, -0.2) is 32.5 Å². The molecule has 0 heterocycles. The van der Waals surface area contributed by atoms with Crippen molar-refractivity contribution in [1.29, 1.82) is 0 Å². The van der Waals surface area contributed by atoms with Crippen molar-refractivity contribution < 1.29 is 14.3 Å². The Hall–Kier alpha value is -0.840. The normalized spacial score (nSPS) is 10.7.